The fourth-order valence-electron chi connectivity index (χ4n) is 3.59. The van der Waals surface area contributed by atoms with Gasteiger partial charge in [0.05, 0.1) is 6.61 Å². The number of carbonyl (C=O) groups is 2. The second kappa shape index (κ2) is 11.0. The lowest BCUT2D eigenvalue weighted by Crippen LogP contribution is -2.42. The van der Waals surface area contributed by atoms with E-state index in [1.165, 1.54) is 0 Å². The summed E-state index contributed by atoms with van der Waals surface area (Å²) in [5.41, 5.74) is 4.03. The first kappa shape index (κ1) is 25.7. The molecule has 34 heavy (non-hydrogen) atoms. The van der Waals surface area contributed by atoms with Crippen molar-refractivity contribution in [3.8, 4) is 5.75 Å². The van der Waals surface area contributed by atoms with Crippen LogP contribution >= 0.6 is 12.2 Å². The number of ether oxygens (including phenoxy) is 1. The number of thiocarbonyl (C=S) groups is 1. The fraction of sp³-hybridized carbons (Fsp3) is 0.444. The molecule has 6 nitrogen and oxygen atoms in total. The third kappa shape index (κ3) is 7.03. The first-order valence-corrected chi connectivity index (χ1v) is 12.2. The molecule has 0 aliphatic heterocycles. The van der Waals surface area contributed by atoms with Gasteiger partial charge in [0.15, 0.2) is 5.11 Å². The van der Waals surface area contributed by atoms with Gasteiger partial charge in [-0.2, -0.15) is 0 Å². The Morgan fingerprint density at radius 2 is 1.74 bits per heavy atom. The Kier molecular flexibility index (Phi) is 8.31. The number of amides is 2. The van der Waals surface area contributed by atoms with Gasteiger partial charge < -0.3 is 20.7 Å². The van der Waals surface area contributed by atoms with Crippen molar-refractivity contribution in [3.05, 3.63) is 53.1 Å². The van der Waals surface area contributed by atoms with E-state index in [-0.39, 0.29) is 22.8 Å². The van der Waals surface area contributed by atoms with Crippen LogP contribution in [0.5, 0.6) is 5.75 Å². The number of hydrogen-bond donors (Lipinski definition) is 3. The third-order valence-corrected chi connectivity index (χ3v) is 6.38. The van der Waals surface area contributed by atoms with Crippen LogP contribution in [0.3, 0.4) is 0 Å². The van der Waals surface area contributed by atoms with Crippen LogP contribution in [0.15, 0.2) is 36.4 Å². The van der Waals surface area contributed by atoms with E-state index in [0.717, 1.165) is 53.1 Å². The minimum absolute atomic E-state index is 0.0550. The highest BCUT2D eigenvalue weighted by atomic mass is 32.1. The average molecular weight is 482 g/mol. The fourth-order valence-corrected chi connectivity index (χ4v) is 3.79. The summed E-state index contributed by atoms with van der Waals surface area (Å²) < 4.78 is 5.92. The molecular weight excluding hydrogens is 446 g/mol. The number of benzene rings is 2. The van der Waals surface area contributed by atoms with E-state index >= 15 is 0 Å². The van der Waals surface area contributed by atoms with Gasteiger partial charge in [0, 0.05) is 22.7 Å². The van der Waals surface area contributed by atoms with Gasteiger partial charge in [0.1, 0.15) is 5.75 Å². The molecule has 0 heterocycles. The van der Waals surface area contributed by atoms with E-state index in [0.29, 0.717) is 13.0 Å². The Labute approximate surface area is 207 Å². The summed E-state index contributed by atoms with van der Waals surface area (Å²) in [6, 6.07) is 11.7. The van der Waals surface area contributed by atoms with Gasteiger partial charge in [0.25, 0.3) is 0 Å². The molecule has 0 spiro atoms. The third-order valence-electron chi connectivity index (χ3n) is 6.18. The Bertz CT molecular complexity index is 1080. The topological polar surface area (TPSA) is 79.5 Å². The maximum absolute atomic E-state index is 12.9. The summed E-state index contributed by atoms with van der Waals surface area (Å²) in [5.74, 6) is 0.926. The zero-order chi connectivity index (χ0) is 24.9. The van der Waals surface area contributed by atoms with Crippen LogP contribution in [0.2, 0.25) is 0 Å². The highest BCUT2D eigenvalue weighted by Crippen LogP contribution is 2.32. The summed E-state index contributed by atoms with van der Waals surface area (Å²) >= 11 is 5.39. The van der Waals surface area contributed by atoms with E-state index in [2.05, 4.69) is 28.1 Å². The second-order valence-electron chi connectivity index (χ2n) is 9.75. The number of nitrogens with one attached hydrogen (secondary N) is 3. The van der Waals surface area contributed by atoms with Crippen molar-refractivity contribution in [3.63, 3.8) is 0 Å². The van der Waals surface area contributed by atoms with Crippen LogP contribution < -0.4 is 20.7 Å². The molecule has 3 rings (SSSR count). The Balaban J connectivity index is 1.48. The van der Waals surface area contributed by atoms with Crippen molar-refractivity contribution in [2.75, 3.05) is 17.2 Å². The predicted molar refractivity (Wildman–Crippen MR) is 141 cm³/mol. The summed E-state index contributed by atoms with van der Waals surface area (Å²) in [4.78, 5) is 25.0. The van der Waals surface area contributed by atoms with Crippen molar-refractivity contribution in [2.24, 2.45) is 11.3 Å². The Morgan fingerprint density at radius 1 is 1.06 bits per heavy atom. The maximum Gasteiger partial charge on any atom is 0.231 e. The molecule has 0 radical (unpaired) electrons. The van der Waals surface area contributed by atoms with Gasteiger partial charge >= 0.3 is 0 Å². The van der Waals surface area contributed by atoms with E-state index in [9.17, 15) is 9.59 Å². The zero-order valence-electron chi connectivity index (χ0n) is 20.7. The normalized spacial score (nSPS) is 13.2. The van der Waals surface area contributed by atoms with E-state index in [1.807, 2.05) is 58.9 Å². The smallest absolute Gasteiger partial charge is 0.231 e. The molecule has 2 amide bonds. The van der Waals surface area contributed by atoms with Gasteiger partial charge in [0.2, 0.25) is 11.8 Å². The highest BCUT2D eigenvalue weighted by molar-refractivity contribution is 7.80. The van der Waals surface area contributed by atoms with Crippen molar-refractivity contribution in [2.45, 2.75) is 60.3 Å². The quantitative estimate of drug-likeness (QED) is 0.318. The van der Waals surface area contributed by atoms with Crippen LogP contribution in [-0.4, -0.2) is 23.5 Å². The van der Waals surface area contributed by atoms with Gasteiger partial charge in [-0.15, -0.1) is 0 Å². The molecule has 1 aliphatic rings. The van der Waals surface area contributed by atoms with Crippen molar-refractivity contribution >= 4 is 40.5 Å². The number of rotatable bonds is 9. The second-order valence-corrected chi connectivity index (χ2v) is 10.2. The molecule has 1 fully saturated rings. The molecule has 2 aromatic rings. The Morgan fingerprint density at radius 3 is 2.41 bits per heavy atom. The SMILES string of the molecule is Cc1ccc(C)c(OCCCC(C)(C)C(=O)NC(=S)Nc2cccc(NC(=O)C3CC3)c2C)c1. The Hall–Kier alpha value is -2.93. The van der Waals surface area contributed by atoms with Crippen LogP contribution in [0, 0.1) is 32.1 Å². The van der Waals surface area contributed by atoms with E-state index in [4.69, 9.17) is 17.0 Å². The van der Waals surface area contributed by atoms with Gasteiger partial charge in [-0.1, -0.05) is 32.0 Å². The standard InChI is InChI=1S/C27H35N3O3S/c1-17-10-11-18(2)23(16-17)33-15-7-14-27(4,5)25(32)30-26(34)29-22-9-6-8-21(19(22)3)28-24(31)20-12-13-20/h6,8-11,16,20H,7,12-15H2,1-5H3,(H,28,31)(H2,29,30,32,34). The lowest BCUT2D eigenvalue weighted by atomic mass is 9.87. The molecule has 0 atom stereocenters. The maximum atomic E-state index is 12.9. The monoisotopic (exact) mass is 481 g/mol. The van der Waals surface area contributed by atoms with Crippen LogP contribution in [-0.2, 0) is 9.59 Å². The molecule has 182 valence electrons. The minimum Gasteiger partial charge on any atom is -0.493 e. The number of carbonyl (C=O) groups excluding carboxylic acids is 2. The molecular formula is C27H35N3O3S. The molecule has 0 aromatic heterocycles. The van der Waals surface area contributed by atoms with Crippen LogP contribution in [0.25, 0.3) is 0 Å². The lowest BCUT2D eigenvalue weighted by Gasteiger charge is -2.24. The molecule has 3 N–H and O–H groups in total. The first-order chi connectivity index (χ1) is 16.1. The van der Waals surface area contributed by atoms with Crippen molar-refractivity contribution in [1.82, 2.24) is 5.32 Å². The lowest BCUT2D eigenvalue weighted by molar-refractivity contribution is -0.128. The molecule has 2 aromatic carbocycles. The van der Waals surface area contributed by atoms with E-state index < -0.39 is 5.41 Å². The predicted octanol–water partition coefficient (Wildman–Crippen LogP) is 5.66. The van der Waals surface area contributed by atoms with Crippen LogP contribution in [0.4, 0.5) is 11.4 Å². The van der Waals surface area contributed by atoms with Crippen LogP contribution in [0.1, 0.15) is 56.2 Å². The van der Waals surface area contributed by atoms with Gasteiger partial charge in [-0.3, -0.25) is 9.59 Å². The molecule has 1 aliphatic carbocycles. The molecule has 1 saturated carbocycles. The van der Waals surface area contributed by atoms with Gasteiger partial charge in [-0.05, 0) is 93.6 Å². The van der Waals surface area contributed by atoms with Crippen molar-refractivity contribution < 1.29 is 14.3 Å². The molecule has 0 bridgehead atoms. The molecule has 0 saturated heterocycles. The summed E-state index contributed by atoms with van der Waals surface area (Å²) in [7, 11) is 0. The van der Waals surface area contributed by atoms with Crippen molar-refractivity contribution in [1.29, 1.82) is 0 Å². The highest BCUT2D eigenvalue weighted by Gasteiger charge is 2.30. The molecule has 0 unspecified atom stereocenters. The average Bonchev–Trinajstić information content (AvgIpc) is 3.62. The summed E-state index contributed by atoms with van der Waals surface area (Å²) in [5, 5.41) is 9.12. The summed E-state index contributed by atoms with van der Waals surface area (Å²) in [6.45, 7) is 10.3. The first-order valence-electron chi connectivity index (χ1n) is 11.8. The number of hydrogen-bond acceptors (Lipinski definition) is 4. The van der Waals surface area contributed by atoms with Gasteiger partial charge in [-0.25, -0.2) is 0 Å². The largest absolute Gasteiger partial charge is 0.493 e. The number of aryl methyl sites for hydroxylation is 2. The van der Waals surface area contributed by atoms with E-state index in [1.54, 1.807) is 0 Å². The number of anilines is 2. The molecule has 7 heteroatoms. The summed E-state index contributed by atoms with van der Waals surface area (Å²) in [6.07, 6.45) is 3.31. The zero-order valence-corrected chi connectivity index (χ0v) is 21.5. The minimum atomic E-state index is -0.605.